The van der Waals surface area contributed by atoms with Gasteiger partial charge in [0.1, 0.15) is 6.10 Å². The highest BCUT2D eigenvalue weighted by atomic mass is 16.5. The summed E-state index contributed by atoms with van der Waals surface area (Å²) in [6.45, 7) is 6.26. The minimum absolute atomic E-state index is 0.0174. The predicted molar refractivity (Wildman–Crippen MR) is 254 cm³/mol. The van der Waals surface area contributed by atoms with Crippen LogP contribution in [0.15, 0.2) is 97.2 Å². The van der Waals surface area contributed by atoms with Crippen LogP contribution in [0.3, 0.4) is 0 Å². The van der Waals surface area contributed by atoms with E-state index in [1.807, 2.05) is 54.7 Å². The van der Waals surface area contributed by atoms with Gasteiger partial charge in [-0.1, -0.05) is 208 Å². The second-order valence-electron chi connectivity index (χ2n) is 15.9. The van der Waals surface area contributed by atoms with Crippen molar-refractivity contribution in [1.29, 1.82) is 0 Å². The average molecular weight is 820 g/mol. The smallest absolute Gasteiger partial charge is 0.306 e. The first kappa shape index (κ1) is 55.8. The van der Waals surface area contributed by atoms with Gasteiger partial charge in [0.25, 0.3) is 0 Å². The van der Waals surface area contributed by atoms with Crippen LogP contribution in [-0.2, 0) is 14.3 Å². The molecule has 0 spiro atoms. The topological polar surface area (TPSA) is 95.9 Å². The second kappa shape index (κ2) is 45.9. The van der Waals surface area contributed by atoms with Crippen molar-refractivity contribution in [3.63, 3.8) is 0 Å². The number of hydrogen-bond acceptors (Lipinski definition) is 5. The van der Waals surface area contributed by atoms with Gasteiger partial charge >= 0.3 is 5.97 Å². The Labute approximate surface area is 363 Å². The normalized spacial score (nSPS) is 14.2. The molecule has 3 atom stereocenters. The van der Waals surface area contributed by atoms with E-state index in [0.29, 0.717) is 19.3 Å². The average Bonchev–Trinajstić information content (AvgIpc) is 3.23. The first-order chi connectivity index (χ1) is 29.0. The fourth-order valence-corrected chi connectivity index (χ4v) is 6.64. The summed E-state index contributed by atoms with van der Waals surface area (Å²) >= 11 is 0. The molecule has 0 aromatic rings. The molecule has 1 amide bonds. The van der Waals surface area contributed by atoms with Gasteiger partial charge in [-0.15, -0.1) is 0 Å². The van der Waals surface area contributed by atoms with Crippen molar-refractivity contribution in [2.45, 2.75) is 219 Å². The van der Waals surface area contributed by atoms with Crippen LogP contribution in [0.4, 0.5) is 0 Å². The molecular weight excluding hydrogens is 731 g/mol. The van der Waals surface area contributed by atoms with Gasteiger partial charge in [0, 0.05) is 6.42 Å². The number of carbonyl (C=O) groups is 2. The van der Waals surface area contributed by atoms with Crippen LogP contribution in [0.1, 0.15) is 201 Å². The molecule has 0 rings (SSSR count). The van der Waals surface area contributed by atoms with E-state index in [4.69, 9.17) is 4.74 Å². The van der Waals surface area contributed by atoms with Gasteiger partial charge in [0.15, 0.2) is 0 Å². The van der Waals surface area contributed by atoms with Gasteiger partial charge in [-0.3, -0.25) is 9.59 Å². The minimum atomic E-state index is -0.814. The number of nitrogens with one attached hydrogen (secondary N) is 1. The van der Waals surface area contributed by atoms with E-state index in [-0.39, 0.29) is 31.3 Å². The van der Waals surface area contributed by atoms with E-state index in [1.54, 1.807) is 0 Å². The molecule has 0 bridgehead atoms. The molecule has 0 aromatic carbocycles. The van der Waals surface area contributed by atoms with Crippen LogP contribution in [0.25, 0.3) is 0 Å². The third-order valence-corrected chi connectivity index (χ3v) is 10.3. The molecule has 0 saturated heterocycles. The molecule has 0 heterocycles. The van der Waals surface area contributed by atoms with Crippen LogP contribution >= 0.6 is 0 Å². The number of amides is 1. The first-order valence-electron chi connectivity index (χ1n) is 24.0. The molecule has 0 aromatic heterocycles. The van der Waals surface area contributed by atoms with Gasteiger partial charge in [-0.2, -0.15) is 0 Å². The van der Waals surface area contributed by atoms with Crippen LogP contribution in [0, 0.1) is 0 Å². The molecule has 59 heavy (non-hydrogen) atoms. The Hall–Kier alpha value is -3.22. The summed E-state index contributed by atoms with van der Waals surface area (Å²) in [6.07, 6.45) is 60.4. The molecule has 0 aliphatic heterocycles. The van der Waals surface area contributed by atoms with E-state index >= 15 is 0 Å². The lowest BCUT2D eigenvalue weighted by Gasteiger charge is -2.24. The zero-order valence-corrected chi connectivity index (χ0v) is 38.1. The number of ether oxygens (including phenoxy) is 1. The summed E-state index contributed by atoms with van der Waals surface area (Å²) < 4.78 is 5.86. The third-order valence-electron chi connectivity index (χ3n) is 10.3. The molecule has 336 valence electrons. The number of allylic oxidation sites excluding steroid dienone is 16. The third kappa shape index (κ3) is 41.3. The summed E-state index contributed by atoms with van der Waals surface area (Å²) in [4.78, 5) is 26.0. The molecule has 0 radical (unpaired) electrons. The lowest BCUT2D eigenvalue weighted by atomic mass is 10.0. The highest BCUT2D eigenvalue weighted by Crippen LogP contribution is 2.16. The van der Waals surface area contributed by atoms with Gasteiger partial charge in [0.05, 0.1) is 25.2 Å². The molecule has 0 saturated carbocycles. The van der Waals surface area contributed by atoms with E-state index < -0.39 is 18.2 Å². The van der Waals surface area contributed by atoms with E-state index in [0.717, 1.165) is 64.2 Å². The molecule has 6 nitrogen and oxygen atoms in total. The number of esters is 1. The fourth-order valence-electron chi connectivity index (χ4n) is 6.64. The summed E-state index contributed by atoms with van der Waals surface area (Å²) in [5.41, 5.74) is 0. The molecule has 0 aliphatic rings. The SMILES string of the molecule is CC/C=C/C=C/C=C\C=C/C=C/CCCC(=O)OC(CCCC/C=C\C/C=C\C/C=C\CCCCC)CC(=O)NC(CO)C(O)CCCCCCCCCCCCCC. The Morgan fingerprint density at radius 2 is 0.983 bits per heavy atom. The Balaban J connectivity index is 4.81. The Bertz CT molecular complexity index is 1190. The molecule has 0 fully saturated rings. The summed E-state index contributed by atoms with van der Waals surface area (Å²) in [6, 6.07) is -0.733. The molecule has 3 N–H and O–H groups in total. The predicted octanol–water partition coefficient (Wildman–Crippen LogP) is 14.2. The van der Waals surface area contributed by atoms with E-state index in [2.05, 4.69) is 68.6 Å². The van der Waals surface area contributed by atoms with Crippen molar-refractivity contribution >= 4 is 11.9 Å². The number of unbranched alkanes of at least 4 members (excludes halogenated alkanes) is 17. The highest BCUT2D eigenvalue weighted by Gasteiger charge is 2.24. The maximum Gasteiger partial charge on any atom is 0.306 e. The number of aliphatic hydroxyl groups excluding tert-OH is 2. The van der Waals surface area contributed by atoms with Crippen molar-refractivity contribution in [2.24, 2.45) is 0 Å². The second-order valence-corrected chi connectivity index (χ2v) is 15.9. The Kier molecular flexibility index (Phi) is 43.4. The van der Waals surface area contributed by atoms with Crippen molar-refractivity contribution in [2.75, 3.05) is 6.61 Å². The first-order valence-corrected chi connectivity index (χ1v) is 24.0. The van der Waals surface area contributed by atoms with Gasteiger partial charge in [-0.05, 0) is 77.0 Å². The maximum absolute atomic E-state index is 13.2. The van der Waals surface area contributed by atoms with E-state index in [9.17, 15) is 19.8 Å². The van der Waals surface area contributed by atoms with Crippen LogP contribution in [-0.4, -0.2) is 46.9 Å². The van der Waals surface area contributed by atoms with Crippen LogP contribution < -0.4 is 5.32 Å². The van der Waals surface area contributed by atoms with Crippen LogP contribution in [0.2, 0.25) is 0 Å². The van der Waals surface area contributed by atoms with Crippen molar-refractivity contribution in [1.82, 2.24) is 5.32 Å². The maximum atomic E-state index is 13.2. The molecule has 0 aliphatic carbocycles. The van der Waals surface area contributed by atoms with Crippen molar-refractivity contribution in [3.8, 4) is 0 Å². The summed E-state index contributed by atoms with van der Waals surface area (Å²) in [5, 5.41) is 23.7. The zero-order chi connectivity index (χ0) is 43.1. The largest absolute Gasteiger partial charge is 0.462 e. The number of aliphatic hydroxyl groups is 2. The van der Waals surface area contributed by atoms with Crippen LogP contribution in [0.5, 0.6) is 0 Å². The zero-order valence-electron chi connectivity index (χ0n) is 38.1. The highest BCUT2D eigenvalue weighted by molar-refractivity contribution is 5.77. The summed E-state index contributed by atoms with van der Waals surface area (Å²) in [5.74, 6) is -0.610. The van der Waals surface area contributed by atoms with Crippen molar-refractivity contribution < 1.29 is 24.5 Å². The van der Waals surface area contributed by atoms with Gasteiger partial charge in [-0.25, -0.2) is 0 Å². The standard InChI is InChI=1S/C53H89NO5/c1-4-7-10-13-16-19-22-25-26-28-29-32-35-38-41-44-49(59-53(58)46-43-40-37-34-31-27-23-20-17-14-11-8-5-2)47-52(57)54-50(48-55)51(56)45-42-39-36-33-30-24-21-18-15-12-9-6-3/h8,11,14,16-17,19-20,23,25-27,29,31-32,34,37,49-51,55-56H,4-7,9-10,12-13,15,18,21-22,24,28,30,33,35-36,38-48H2,1-3H3,(H,54,57)/b11-8+,17-14+,19-16-,23-20-,26-25-,31-27-,32-29-,37-34+. The number of hydrogen-bond donors (Lipinski definition) is 3. The van der Waals surface area contributed by atoms with Gasteiger partial charge < -0.3 is 20.3 Å². The molecule has 3 unspecified atom stereocenters. The lowest BCUT2D eigenvalue weighted by molar-refractivity contribution is -0.151. The number of rotatable bonds is 41. The Morgan fingerprint density at radius 1 is 0.525 bits per heavy atom. The monoisotopic (exact) mass is 820 g/mol. The number of carbonyl (C=O) groups excluding carboxylic acids is 2. The fraction of sp³-hybridized carbons (Fsp3) is 0.660. The van der Waals surface area contributed by atoms with Gasteiger partial charge in [0.2, 0.25) is 5.91 Å². The minimum Gasteiger partial charge on any atom is -0.462 e. The summed E-state index contributed by atoms with van der Waals surface area (Å²) in [7, 11) is 0. The molecule has 6 heteroatoms. The quantitative estimate of drug-likeness (QED) is 0.0247. The Morgan fingerprint density at radius 3 is 1.54 bits per heavy atom. The lowest BCUT2D eigenvalue weighted by Crippen LogP contribution is -2.46. The molecular formula is C53H89NO5. The van der Waals surface area contributed by atoms with E-state index in [1.165, 1.54) is 83.5 Å². The van der Waals surface area contributed by atoms with Crippen molar-refractivity contribution in [3.05, 3.63) is 97.2 Å².